The number of amides is 2. The fourth-order valence-corrected chi connectivity index (χ4v) is 3.21. The molecule has 0 aliphatic carbocycles. The Hall–Kier alpha value is -2.47. The molecular weight excluding hydrogens is 321 g/mol. The predicted molar refractivity (Wildman–Crippen MR) is 92.5 cm³/mol. The average molecular weight is 343 g/mol. The number of benzene rings is 1. The third kappa shape index (κ3) is 4.33. The number of aliphatic hydroxyl groups is 1. The topological polar surface area (TPSA) is 65.5 Å². The maximum atomic E-state index is 13.5. The van der Waals surface area contributed by atoms with Gasteiger partial charge in [0.05, 0.1) is 12.1 Å². The lowest BCUT2D eigenvalue weighted by Crippen LogP contribution is -2.41. The van der Waals surface area contributed by atoms with E-state index in [0.717, 1.165) is 11.4 Å². The first kappa shape index (κ1) is 17.4. The van der Waals surface area contributed by atoms with Crippen molar-refractivity contribution in [3.63, 3.8) is 0 Å². The number of nitrogens with one attached hydrogen (secondary N) is 1. The van der Waals surface area contributed by atoms with E-state index in [1.807, 2.05) is 25.1 Å². The number of carbonyl (C=O) groups excluding carboxylic acids is 1. The fourth-order valence-electron chi connectivity index (χ4n) is 3.21. The number of aromatic nitrogens is 1. The number of likely N-dealkylation sites (tertiary alicyclic amines) is 1. The Labute approximate surface area is 146 Å². The van der Waals surface area contributed by atoms with E-state index in [1.165, 1.54) is 12.1 Å². The van der Waals surface area contributed by atoms with Crippen LogP contribution >= 0.6 is 0 Å². The minimum Gasteiger partial charge on any atom is -0.391 e. The molecule has 6 heteroatoms. The Balaban J connectivity index is 1.61. The van der Waals surface area contributed by atoms with Gasteiger partial charge in [-0.3, -0.25) is 4.98 Å². The summed E-state index contributed by atoms with van der Waals surface area (Å²) < 4.78 is 13.5. The van der Waals surface area contributed by atoms with Crippen LogP contribution in [0, 0.1) is 12.7 Å². The lowest BCUT2D eigenvalue weighted by molar-refractivity contribution is 0.169. The van der Waals surface area contributed by atoms with E-state index in [4.69, 9.17) is 0 Å². The van der Waals surface area contributed by atoms with Gasteiger partial charge in [-0.05, 0) is 43.2 Å². The van der Waals surface area contributed by atoms with Crippen LogP contribution in [0.3, 0.4) is 0 Å². The van der Waals surface area contributed by atoms with Crippen molar-refractivity contribution in [1.82, 2.24) is 15.2 Å². The molecule has 1 fully saturated rings. The molecule has 2 atom stereocenters. The zero-order valence-corrected chi connectivity index (χ0v) is 14.2. The molecule has 2 heterocycles. The van der Waals surface area contributed by atoms with E-state index in [1.54, 1.807) is 17.0 Å². The van der Waals surface area contributed by atoms with Gasteiger partial charge in [-0.1, -0.05) is 18.2 Å². The molecule has 25 heavy (non-hydrogen) atoms. The van der Waals surface area contributed by atoms with Crippen LogP contribution in [0.15, 0.2) is 42.5 Å². The third-order valence-corrected chi connectivity index (χ3v) is 4.38. The Morgan fingerprint density at radius 3 is 2.92 bits per heavy atom. The minimum absolute atomic E-state index is 0.246. The zero-order chi connectivity index (χ0) is 17.8. The molecule has 2 aromatic rings. The summed E-state index contributed by atoms with van der Waals surface area (Å²) in [6.07, 6.45) is 0.447. The highest BCUT2D eigenvalue weighted by atomic mass is 19.1. The first-order chi connectivity index (χ1) is 12.0. The molecule has 0 saturated carbocycles. The van der Waals surface area contributed by atoms with Crippen molar-refractivity contribution in [3.05, 3.63) is 65.2 Å². The van der Waals surface area contributed by atoms with E-state index in [2.05, 4.69) is 10.3 Å². The van der Waals surface area contributed by atoms with Crippen molar-refractivity contribution in [2.24, 2.45) is 0 Å². The maximum absolute atomic E-state index is 13.5. The van der Waals surface area contributed by atoms with Gasteiger partial charge in [0.2, 0.25) is 0 Å². The summed E-state index contributed by atoms with van der Waals surface area (Å²) in [6, 6.07) is 11.4. The van der Waals surface area contributed by atoms with Crippen LogP contribution in [0.25, 0.3) is 0 Å². The standard InChI is InChI=1S/C19H22FN3O2/c1-13-4-2-7-16(22-13)8-9-21-19(25)23-12-17(24)11-18(23)14-5-3-6-15(20)10-14/h2-7,10,17-18,24H,8-9,11-12H2,1H3,(H,21,25). The molecule has 1 aliphatic heterocycles. The van der Waals surface area contributed by atoms with Gasteiger partial charge in [0, 0.05) is 30.9 Å². The average Bonchev–Trinajstić information content (AvgIpc) is 2.97. The number of carbonyl (C=O) groups is 1. The Morgan fingerprint density at radius 2 is 2.16 bits per heavy atom. The van der Waals surface area contributed by atoms with Crippen molar-refractivity contribution in [3.8, 4) is 0 Å². The van der Waals surface area contributed by atoms with Crippen molar-refractivity contribution < 1.29 is 14.3 Å². The summed E-state index contributed by atoms with van der Waals surface area (Å²) in [7, 11) is 0. The fraction of sp³-hybridized carbons (Fsp3) is 0.368. The van der Waals surface area contributed by atoms with E-state index >= 15 is 0 Å². The molecule has 132 valence electrons. The first-order valence-electron chi connectivity index (χ1n) is 8.43. The number of urea groups is 1. The summed E-state index contributed by atoms with van der Waals surface area (Å²) in [5, 5.41) is 12.8. The van der Waals surface area contributed by atoms with Crippen LogP contribution in [-0.2, 0) is 6.42 Å². The van der Waals surface area contributed by atoms with Gasteiger partial charge < -0.3 is 15.3 Å². The molecular formula is C19H22FN3O2. The van der Waals surface area contributed by atoms with Gasteiger partial charge in [-0.2, -0.15) is 0 Å². The largest absolute Gasteiger partial charge is 0.391 e. The van der Waals surface area contributed by atoms with Crippen LogP contribution in [0.5, 0.6) is 0 Å². The second-order valence-electron chi connectivity index (χ2n) is 6.36. The van der Waals surface area contributed by atoms with E-state index in [9.17, 15) is 14.3 Å². The second kappa shape index (κ2) is 7.61. The van der Waals surface area contributed by atoms with Crippen LogP contribution in [0.1, 0.15) is 29.4 Å². The molecule has 2 unspecified atom stereocenters. The van der Waals surface area contributed by atoms with Gasteiger partial charge in [-0.15, -0.1) is 0 Å². The van der Waals surface area contributed by atoms with Gasteiger partial charge in [-0.25, -0.2) is 9.18 Å². The molecule has 0 radical (unpaired) electrons. The van der Waals surface area contributed by atoms with Crippen LogP contribution < -0.4 is 5.32 Å². The lowest BCUT2D eigenvalue weighted by atomic mass is 10.0. The second-order valence-corrected chi connectivity index (χ2v) is 6.36. The van der Waals surface area contributed by atoms with E-state index in [-0.39, 0.29) is 24.4 Å². The maximum Gasteiger partial charge on any atom is 0.318 e. The number of aryl methyl sites for hydroxylation is 1. The monoisotopic (exact) mass is 343 g/mol. The highest BCUT2D eigenvalue weighted by Gasteiger charge is 2.35. The van der Waals surface area contributed by atoms with Crippen LogP contribution in [-0.4, -0.2) is 40.2 Å². The number of aliphatic hydroxyl groups excluding tert-OH is 1. The zero-order valence-electron chi connectivity index (χ0n) is 14.2. The number of hydrogen-bond acceptors (Lipinski definition) is 3. The minimum atomic E-state index is -0.600. The summed E-state index contributed by atoms with van der Waals surface area (Å²) in [5.41, 5.74) is 2.56. The summed E-state index contributed by atoms with van der Waals surface area (Å²) in [4.78, 5) is 18.5. The van der Waals surface area contributed by atoms with Gasteiger partial charge in [0.15, 0.2) is 0 Å². The van der Waals surface area contributed by atoms with Gasteiger partial charge >= 0.3 is 6.03 Å². The highest BCUT2D eigenvalue weighted by molar-refractivity contribution is 5.75. The molecule has 3 rings (SSSR count). The Kier molecular flexibility index (Phi) is 5.28. The van der Waals surface area contributed by atoms with Crippen LogP contribution in [0.4, 0.5) is 9.18 Å². The molecule has 5 nitrogen and oxygen atoms in total. The third-order valence-electron chi connectivity index (χ3n) is 4.38. The van der Waals surface area contributed by atoms with Crippen molar-refractivity contribution in [1.29, 1.82) is 0 Å². The number of β-amino-alcohol motifs (C(OH)–C–C–N with tert-alkyl or cyclic N) is 1. The number of hydrogen-bond donors (Lipinski definition) is 2. The number of pyridine rings is 1. The first-order valence-corrected chi connectivity index (χ1v) is 8.43. The van der Waals surface area contributed by atoms with E-state index < -0.39 is 6.10 Å². The highest BCUT2D eigenvalue weighted by Crippen LogP contribution is 2.32. The number of nitrogens with zero attached hydrogens (tertiary/aromatic N) is 2. The number of halogens is 1. The molecule has 1 aromatic heterocycles. The van der Waals surface area contributed by atoms with Crippen molar-refractivity contribution >= 4 is 6.03 Å². The normalized spacial score (nSPS) is 19.9. The summed E-state index contributed by atoms with van der Waals surface area (Å²) >= 11 is 0. The van der Waals surface area contributed by atoms with Crippen LogP contribution in [0.2, 0.25) is 0 Å². The smallest absolute Gasteiger partial charge is 0.318 e. The molecule has 1 aromatic carbocycles. The van der Waals surface area contributed by atoms with Gasteiger partial charge in [0.1, 0.15) is 5.82 Å². The summed E-state index contributed by atoms with van der Waals surface area (Å²) in [6.45, 7) is 2.63. The Morgan fingerprint density at radius 1 is 1.36 bits per heavy atom. The molecule has 1 saturated heterocycles. The van der Waals surface area contributed by atoms with Crippen molar-refractivity contribution in [2.75, 3.05) is 13.1 Å². The Bertz CT molecular complexity index is 753. The molecule has 0 bridgehead atoms. The SMILES string of the molecule is Cc1cccc(CCNC(=O)N2CC(O)CC2c2cccc(F)c2)n1. The molecule has 1 aliphatic rings. The lowest BCUT2D eigenvalue weighted by Gasteiger charge is -2.25. The molecule has 0 spiro atoms. The quantitative estimate of drug-likeness (QED) is 0.897. The molecule has 2 N–H and O–H groups in total. The molecule has 2 amide bonds. The number of rotatable bonds is 4. The van der Waals surface area contributed by atoms with E-state index in [0.29, 0.717) is 24.9 Å². The van der Waals surface area contributed by atoms with Gasteiger partial charge in [0.25, 0.3) is 0 Å². The predicted octanol–water partition coefficient (Wildman–Crippen LogP) is 2.59. The van der Waals surface area contributed by atoms with Crippen molar-refractivity contribution in [2.45, 2.75) is 31.9 Å². The summed E-state index contributed by atoms with van der Waals surface area (Å²) in [5.74, 6) is -0.343.